The van der Waals surface area contributed by atoms with Crippen LogP contribution in [0.3, 0.4) is 0 Å². The van der Waals surface area contributed by atoms with Crippen molar-refractivity contribution in [2.45, 2.75) is 19.5 Å². The zero-order chi connectivity index (χ0) is 14.1. The van der Waals surface area contributed by atoms with Crippen LogP contribution in [0.4, 0.5) is 0 Å². The van der Waals surface area contributed by atoms with Crippen LogP contribution in [-0.4, -0.2) is 0 Å². The Morgan fingerprint density at radius 3 is 2.80 bits per heavy atom. The van der Waals surface area contributed by atoms with Crippen LogP contribution in [0.1, 0.15) is 23.6 Å². The highest BCUT2D eigenvalue weighted by Gasteiger charge is 2.11. The highest BCUT2D eigenvalue weighted by atomic mass is 79.9. The van der Waals surface area contributed by atoms with E-state index >= 15 is 0 Å². The molecule has 0 bridgehead atoms. The van der Waals surface area contributed by atoms with Crippen LogP contribution in [0.15, 0.2) is 49.1 Å². The molecule has 20 heavy (non-hydrogen) atoms. The van der Waals surface area contributed by atoms with Crippen LogP contribution in [-0.2, 0) is 6.54 Å². The fourth-order valence-corrected chi connectivity index (χ4v) is 3.86. The smallest absolute Gasteiger partial charge is 0.134 e. The summed E-state index contributed by atoms with van der Waals surface area (Å²) in [5.41, 5.74) is 0.927. The van der Waals surface area contributed by atoms with E-state index < -0.39 is 0 Å². The number of hydrogen-bond donors (Lipinski definition) is 1. The van der Waals surface area contributed by atoms with Crippen molar-refractivity contribution in [2.24, 2.45) is 0 Å². The molecular formula is C15H13Br2NOS. The van der Waals surface area contributed by atoms with Gasteiger partial charge in [0.25, 0.3) is 0 Å². The average molecular weight is 415 g/mol. The van der Waals surface area contributed by atoms with Gasteiger partial charge in [0.15, 0.2) is 0 Å². The number of fused-ring (bicyclic) bond motifs is 1. The molecule has 1 atom stereocenters. The lowest BCUT2D eigenvalue weighted by Gasteiger charge is -2.09. The summed E-state index contributed by atoms with van der Waals surface area (Å²) in [5.74, 6) is 0.966. The quantitative estimate of drug-likeness (QED) is 0.577. The van der Waals surface area contributed by atoms with E-state index in [1.807, 2.05) is 12.1 Å². The lowest BCUT2D eigenvalue weighted by molar-refractivity contribution is 0.452. The second-order valence-electron chi connectivity index (χ2n) is 4.64. The van der Waals surface area contributed by atoms with Crippen LogP contribution in [0.2, 0.25) is 0 Å². The fourth-order valence-electron chi connectivity index (χ4n) is 2.05. The van der Waals surface area contributed by atoms with E-state index in [2.05, 4.69) is 68.4 Å². The van der Waals surface area contributed by atoms with Crippen LogP contribution in [0.25, 0.3) is 11.0 Å². The highest BCUT2D eigenvalue weighted by Crippen LogP contribution is 2.27. The number of benzene rings is 1. The molecule has 0 amide bonds. The van der Waals surface area contributed by atoms with Gasteiger partial charge in [-0.05, 0) is 59.3 Å². The van der Waals surface area contributed by atoms with E-state index in [-0.39, 0.29) is 6.04 Å². The minimum atomic E-state index is 0.182. The maximum Gasteiger partial charge on any atom is 0.134 e. The van der Waals surface area contributed by atoms with Gasteiger partial charge >= 0.3 is 0 Å². The van der Waals surface area contributed by atoms with Crippen LogP contribution in [0, 0.1) is 0 Å². The first-order chi connectivity index (χ1) is 9.61. The third-order valence-corrected chi connectivity index (χ3v) is 5.25. The van der Waals surface area contributed by atoms with Crippen molar-refractivity contribution in [3.63, 3.8) is 0 Å². The van der Waals surface area contributed by atoms with E-state index in [1.165, 1.54) is 4.88 Å². The second-order valence-corrected chi connectivity index (χ2v) is 8.10. The molecule has 5 heteroatoms. The van der Waals surface area contributed by atoms with Crippen molar-refractivity contribution < 1.29 is 4.42 Å². The maximum atomic E-state index is 5.89. The molecule has 2 aromatic heterocycles. The molecule has 1 aromatic carbocycles. The molecule has 1 N–H and O–H groups in total. The van der Waals surface area contributed by atoms with Gasteiger partial charge in [-0.25, -0.2) is 0 Å². The minimum Gasteiger partial charge on any atom is -0.459 e. The Hall–Kier alpha value is -0.620. The number of nitrogens with one attached hydrogen (secondary N) is 1. The van der Waals surface area contributed by atoms with Gasteiger partial charge < -0.3 is 9.73 Å². The summed E-state index contributed by atoms with van der Waals surface area (Å²) in [6, 6.07) is 12.5. The van der Waals surface area contributed by atoms with E-state index in [1.54, 1.807) is 11.3 Å². The van der Waals surface area contributed by atoms with Gasteiger partial charge in [0, 0.05) is 21.3 Å². The average Bonchev–Trinajstić information content (AvgIpc) is 3.01. The monoisotopic (exact) mass is 413 g/mol. The van der Waals surface area contributed by atoms with Crippen LogP contribution in [0.5, 0.6) is 0 Å². The molecule has 2 nitrogen and oxygen atoms in total. The molecule has 0 spiro atoms. The first-order valence-corrected chi connectivity index (χ1v) is 8.68. The number of thiophene rings is 1. The zero-order valence-corrected chi connectivity index (χ0v) is 14.8. The molecule has 0 fully saturated rings. The maximum absolute atomic E-state index is 5.89. The molecule has 3 aromatic rings. The normalized spacial score (nSPS) is 12.9. The van der Waals surface area contributed by atoms with Crippen LogP contribution < -0.4 is 5.32 Å². The van der Waals surface area contributed by atoms with Crippen molar-refractivity contribution in [3.8, 4) is 0 Å². The Bertz CT molecular complexity index is 734. The Morgan fingerprint density at radius 2 is 2.05 bits per heavy atom. The van der Waals surface area contributed by atoms with Crippen molar-refractivity contribution in [1.82, 2.24) is 5.32 Å². The van der Waals surface area contributed by atoms with Gasteiger partial charge in [-0.15, -0.1) is 11.3 Å². The molecule has 2 heterocycles. The molecule has 104 valence electrons. The number of rotatable bonds is 4. The van der Waals surface area contributed by atoms with E-state index in [0.717, 1.165) is 31.5 Å². The predicted octanol–water partition coefficient (Wildman–Crippen LogP) is 5.87. The predicted molar refractivity (Wildman–Crippen MR) is 91.2 cm³/mol. The Kier molecular flexibility index (Phi) is 4.31. The minimum absolute atomic E-state index is 0.182. The van der Waals surface area contributed by atoms with Crippen molar-refractivity contribution >= 4 is 54.2 Å². The van der Waals surface area contributed by atoms with Gasteiger partial charge in [0.2, 0.25) is 0 Å². The lowest BCUT2D eigenvalue weighted by Crippen LogP contribution is -2.16. The van der Waals surface area contributed by atoms with Gasteiger partial charge in [0.05, 0.1) is 9.83 Å². The van der Waals surface area contributed by atoms with E-state index in [9.17, 15) is 0 Å². The van der Waals surface area contributed by atoms with Gasteiger partial charge in [-0.1, -0.05) is 15.9 Å². The highest BCUT2D eigenvalue weighted by molar-refractivity contribution is 9.11. The first kappa shape index (κ1) is 14.3. The van der Waals surface area contributed by atoms with Gasteiger partial charge in [0.1, 0.15) is 11.3 Å². The van der Waals surface area contributed by atoms with Gasteiger partial charge in [-0.3, -0.25) is 0 Å². The summed E-state index contributed by atoms with van der Waals surface area (Å²) in [5, 5.41) is 4.61. The molecule has 0 aliphatic carbocycles. The summed E-state index contributed by atoms with van der Waals surface area (Å²) < 4.78 is 8.12. The number of furan rings is 1. The SMILES string of the molecule is CC(NCc1ccc(Br)s1)c1cc2cc(Br)ccc2o1. The largest absolute Gasteiger partial charge is 0.459 e. The van der Waals surface area contributed by atoms with E-state index in [0.29, 0.717) is 0 Å². The fraction of sp³-hybridized carbons (Fsp3) is 0.200. The topological polar surface area (TPSA) is 25.2 Å². The lowest BCUT2D eigenvalue weighted by atomic mass is 10.2. The molecule has 0 saturated heterocycles. The third-order valence-electron chi connectivity index (χ3n) is 3.14. The zero-order valence-electron chi connectivity index (χ0n) is 10.8. The molecule has 1 unspecified atom stereocenters. The standard InChI is InChI=1S/C15H13Br2NOS/c1-9(18-8-12-3-5-15(17)20-12)14-7-10-6-11(16)2-4-13(10)19-14/h2-7,9,18H,8H2,1H3. The molecule has 0 saturated carbocycles. The Labute approximate surface area is 138 Å². The molecular weight excluding hydrogens is 402 g/mol. The Balaban J connectivity index is 1.73. The summed E-state index contributed by atoms with van der Waals surface area (Å²) in [6.07, 6.45) is 0. The summed E-state index contributed by atoms with van der Waals surface area (Å²) in [4.78, 5) is 1.31. The van der Waals surface area contributed by atoms with Crippen LogP contribution >= 0.6 is 43.2 Å². The van der Waals surface area contributed by atoms with E-state index in [4.69, 9.17) is 4.42 Å². The van der Waals surface area contributed by atoms with Gasteiger partial charge in [-0.2, -0.15) is 0 Å². The number of halogens is 2. The second kappa shape index (κ2) is 6.02. The number of hydrogen-bond acceptors (Lipinski definition) is 3. The molecule has 0 radical (unpaired) electrons. The Morgan fingerprint density at radius 1 is 1.20 bits per heavy atom. The summed E-state index contributed by atoms with van der Waals surface area (Å²) >= 11 is 8.71. The third kappa shape index (κ3) is 3.17. The molecule has 3 rings (SSSR count). The van der Waals surface area contributed by atoms with Crippen molar-refractivity contribution in [1.29, 1.82) is 0 Å². The molecule has 0 aliphatic rings. The molecule has 0 aliphatic heterocycles. The summed E-state index contributed by atoms with van der Waals surface area (Å²) in [6.45, 7) is 2.97. The summed E-state index contributed by atoms with van der Waals surface area (Å²) in [7, 11) is 0. The first-order valence-electron chi connectivity index (χ1n) is 6.28. The van der Waals surface area contributed by atoms with Crippen molar-refractivity contribution in [2.75, 3.05) is 0 Å². The van der Waals surface area contributed by atoms with Crippen molar-refractivity contribution in [3.05, 3.63) is 55.3 Å².